The van der Waals surface area contributed by atoms with E-state index in [1.54, 1.807) is 0 Å². The molecule has 0 fully saturated rings. The van der Waals surface area contributed by atoms with Crippen LogP contribution in [0.15, 0.2) is 21.6 Å². The van der Waals surface area contributed by atoms with Gasteiger partial charge in [-0.3, -0.25) is 0 Å². The second-order valence-corrected chi connectivity index (χ2v) is 5.77. The molecule has 0 amide bonds. The van der Waals surface area contributed by atoms with Crippen LogP contribution >= 0.6 is 34.7 Å². The zero-order valence-corrected chi connectivity index (χ0v) is 10.9. The van der Waals surface area contributed by atoms with Gasteiger partial charge in [0.05, 0.1) is 10.6 Å². The molecule has 0 atom stereocenters. The van der Waals surface area contributed by atoms with Crippen molar-refractivity contribution in [1.82, 2.24) is 15.2 Å². The fraction of sp³-hybridized carbons (Fsp3) is 0.111. The normalized spacial score (nSPS) is 10.5. The Hall–Kier alpha value is -1.18. The van der Waals surface area contributed by atoms with Gasteiger partial charge in [0.1, 0.15) is 10.0 Å². The summed E-state index contributed by atoms with van der Waals surface area (Å²) < 4.78 is 0.680. The summed E-state index contributed by atoms with van der Waals surface area (Å²) in [6.07, 6.45) is 1.41. The number of aromatic nitrogens is 3. The third-order valence-electron chi connectivity index (χ3n) is 1.78. The van der Waals surface area contributed by atoms with E-state index in [4.69, 9.17) is 16.7 Å². The summed E-state index contributed by atoms with van der Waals surface area (Å²) in [5, 5.41) is 18.1. The van der Waals surface area contributed by atoms with E-state index in [0.717, 1.165) is 5.01 Å². The summed E-state index contributed by atoms with van der Waals surface area (Å²) in [6, 6.07) is 1.36. The minimum Gasteiger partial charge on any atom is -0.478 e. The fourth-order valence-corrected chi connectivity index (χ4v) is 3.11. The first-order valence-corrected chi connectivity index (χ1v) is 6.45. The van der Waals surface area contributed by atoms with Gasteiger partial charge in [0.2, 0.25) is 0 Å². The average Bonchev–Trinajstić information content (AvgIpc) is 2.67. The van der Waals surface area contributed by atoms with Gasteiger partial charge >= 0.3 is 5.97 Å². The highest BCUT2D eigenvalue weighted by Gasteiger charge is 2.15. The Labute approximate surface area is 110 Å². The molecule has 0 saturated carbocycles. The van der Waals surface area contributed by atoms with E-state index in [1.165, 1.54) is 35.4 Å². The lowest BCUT2D eigenvalue weighted by atomic mass is 10.3. The van der Waals surface area contributed by atoms with Crippen molar-refractivity contribution >= 4 is 40.7 Å². The molecule has 0 bridgehead atoms. The van der Waals surface area contributed by atoms with Crippen LogP contribution in [-0.2, 0) is 0 Å². The van der Waals surface area contributed by atoms with E-state index in [0.29, 0.717) is 9.37 Å². The third-order valence-corrected chi connectivity index (χ3v) is 4.17. The van der Waals surface area contributed by atoms with Gasteiger partial charge in [-0.15, -0.1) is 10.2 Å². The number of aromatic carboxylic acids is 1. The van der Waals surface area contributed by atoms with Crippen LogP contribution in [0, 0.1) is 6.92 Å². The summed E-state index contributed by atoms with van der Waals surface area (Å²) in [6.45, 7) is 1.84. The highest BCUT2D eigenvalue weighted by molar-refractivity contribution is 8.01. The first-order chi connectivity index (χ1) is 8.08. The van der Waals surface area contributed by atoms with E-state index in [-0.39, 0.29) is 10.6 Å². The lowest BCUT2D eigenvalue weighted by molar-refractivity contribution is 0.0696. The lowest BCUT2D eigenvalue weighted by Crippen LogP contribution is -1.99. The number of rotatable bonds is 3. The molecule has 0 unspecified atom stereocenters. The maximum atomic E-state index is 10.9. The Morgan fingerprint density at radius 3 is 2.88 bits per heavy atom. The largest absolute Gasteiger partial charge is 0.478 e. The predicted octanol–water partition coefficient (Wildman–Crippen LogP) is 2.74. The van der Waals surface area contributed by atoms with Crippen molar-refractivity contribution in [3.63, 3.8) is 0 Å². The van der Waals surface area contributed by atoms with Crippen molar-refractivity contribution in [2.75, 3.05) is 0 Å². The molecular weight excluding hydrogens is 282 g/mol. The van der Waals surface area contributed by atoms with Crippen LogP contribution < -0.4 is 0 Å². The maximum Gasteiger partial charge on any atom is 0.337 e. The zero-order valence-electron chi connectivity index (χ0n) is 8.55. The number of carbonyl (C=O) groups is 1. The van der Waals surface area contributed by atoms with Crippen LogP contribution in [0.4, 0.5) is 0 Å². The molecule has 2 rings (SSSR count). The number of carboxylic acids is 1. The first kappa shape index (κ1) is 12.3. The third kappa shape index (κ3) is 2.74. The smallest absolute Gasteiger partial charge is 0.337 e. The van der Waals surface area contributed by atoms with Gasteiger partial charge in [-0.05, 0) is 24.8 Å². The summed E-state index contributed by atoms with van der Waals surface area (Å²) >= 11 is 8.56. The number of pyridine rings is 1. The average molecular weight is 288 g/mol. The molecule has 0 spiro atoms. The molecule has 2 aromatic rings. The molecule has 0 aliphatic carbocycles. The van der Waals surface area contributed by atoms with Gasteiger partial charge in [0.15, 0.2) is 4.34 Å². The van der Waals surface area contributed by atoms with Crippen LogP contribution in [0.25, 0.3) is 0 Å². The standard InChI is InChI=1S/C9H6ClN3O2S2/c1-4-12-13-9(16-4)17-7-6(10)5(8(14)15)2-3-11-7/h2-3H,1H3,(H,14,15). The summed E-state index contributed by atoms with van der Waals surface area (Å²) in [4.78, 5) is 14.9. The Balaban J connectivity index is 2.33. The molecule has 1 N–H and O–H groups in total. The van der Waals surface area contributed by atoms with E-state index < -0.39 is 5.97 Å². The second kappa shape index (κ2) is 4.99. The first-order valence-electron chi connectivity index (χ1n) is 4.43. The number of halogens is 1. The van der Waals surface area contributed by atoms with Crippen LogP contribution in [-0.4, -0.2) is 26.3 Å². The van der Waals surface area contributed by atoms with Gasteiger partial charge in [-0.1, -0.05) is 22.9 Å². The van der Waals surface area contributed by atoms with Crippen molar-refractivity contribution < 1.29 is 9.90 Å². The van der Waals surface area contributed by atoms with Gasteiger partial charge in [-0.2, -0.15) is 0 Å². The Morgan fingerprint density at radius 2 is 2.29 bits per heavy atom. The molecule has 0 radical (unpaired) electrons. The van der Waals surface area contributed by atoms with Crippen LogP contribution in [0.3, 0.4) is 0 Å². The molecule has 2 aromatic heterocycles. The van der Waals surface area contributed by atoms with Gasteiger partial charge in [0, 0.05) is 6.20 Å². The Morgan fingerprint density at radius 1 is 1.53 bits per heavy atom. The molecule has 2 heterocycles. The van der Waals surface area contributed by atoms with E-state index in [1.807, 2.05) is 6.92 Å². The molecule has 8 heteroatoms. The Bertz CT molecular complexity index is 573. The Kier molecular flexibility index (Phi) is 3.60. The van der Waals surface area contributed by atoms with Crippen molar-refractivity contribution in [2.45, 2.75) is 16.3 Å². The molecule has 88 valence electrons. The molecular formula is C9H6ClN3O2S2. The SMILES string of the molecule is Cc1nnc(Sc2nccc(C(=O)O)c2Cl)s1. The summed E-state index contributed by atoms with van der Waals surface area (Å²) in [5.74, 6) is -1.08. The summed E-state index contributed by atoms with van der Waals surface area (Å²) in [7, 11) is 0. The van der Waals surface area contributed by atoms with E-state index >= 15 is 0 Å². The monoisotopic (exact) mass is 287 g/mol. The van der Waals surface area contributed by atoms with Crippen LogP contribution in [0.2, 0.25) is 5.02 Å². The number of hydrogen-bond acceptors (Lipinski definition) is 6. The number of nitrogens with zero attached hydrogens (tertiary/aromatic N) is 3. The van der Waals surface area contributed by atoms with Crippen LogP contribution in [0.1, 0.15) is 15.4 Å². The molecule has 0 aliphatic heterocycles. The second-order valence-electron chi connectivity index (χ2n) is 2.97. The fourth-order valence-electron chi connectivity index (χ4n) is 1.06. The molecule has 5 nitrogen and oxygen atoms in total. The minimum atomic E-state index is -1.08. The van der Waals surface area contributed by atoms with Gasteiger partial charge in [-0.25, -0.2) is 9.78 Å². The van der Waals surface area contributed by atoms with Crippen molar-refractivity contribution in [2.24, 2.45) is 0 Å². The quantitative estimate of drug-likeness (QED) is 0.935. The number of hydrogen-bond donors (Lipinski definition) is 1. The lowest BCUT2D eigenvalue weighted by Gasteiger charge is -2.02. The van der Waals surface area contributed by atoms with Gasteiger partial charge in [0.25, 0.3) is 0 Å². The topological polar surface area (TPSA) is 76.0 Å². The van der Waals surface area contributed by atoms with E-state index in [9.17, 15) is 4.79 Å². The van der Waals surface area contributed by atoms with Gasteiger partial charge < -0.3 is 5.11 Å². The highest BCUT2D eigenvalue weighted by atomic mass is 35.5. The van der Waals surface area contributed by atoms with Crippen molar-refractivity contribution in [3.8, 4) is 0 Å². The minimum absolute atomic E-state index is 0.0328. The molecule has 0 aliphatic rings. The highest BCUT2D eigenvalue weighted by Crippen LogP contribution is 2.34. The number of aryl methyl sites for hydroxylation is 1. The molecule has 17 heavy (non-hydrogen) atoms. The number of carboxylic acid groups (broad SMARTS) is 1. The molecule has 0 aromatic carbocycles. The molecule has 0 saturated heterocycles. The van der Waals surface area contributed by atoms with E-state index in [2.05, 4.69) is 15.2 Å². The summed E-state index contributed by atoms with van der Waals surface area (Å²) in [5.41, 5.74) is 0.0328. The predicted molar refractivity (Wildman–Crippen MR) is 65.0 cm³/mol. The maximum absolute atomic E-state index is 10.9. The van der Waals surface area contributed by atoms with Crippen molar-refractivity contribution in [3.05, 3.63) is 27.9 Å². The van der Waals surface area contributed by atoms with Crippen LogP contribution in [0.5, 0.6) is 0 Å². The van der Waals surface area contributed by atoms with Crippen molar-refractivity contribution in [1.29, 1.82) is 0 Å². The zero-order chi connectivity index (χ0) is 12.4.